The second-order valence-corrected chi connectivity index (χ2v) is 4.78. The zero-order valence-electron chi connectivity index (χ0n) is 5.17. The third kappa shape index (κ3) is 2.20. The van der Waals surface area contributed by atoms with Crippen LogP contribution in [0, 0.1) is 0 Å². The summed E-state index contributed by atoms with van der Waals surface area (Å²) in [4.78, 5) is 0. The quantitative estimate of drug-likeness (QED) is 0.441. The van der Waals surface area contributed by atoms with Gasteiger partial charge in [-0.1, -0.05) is 0 Å². The Morgan fingerprint density at radius 3 is 1.25 bits per heavy atom. The molecule has 0 fully saturated rings. The van der Waals surface area contributed by atoms with Gasteiger partial charge < -0.3 is 0 Å². The lowest BCUT2D eigenvalue weighted by Crippen LogP contribution is -1.98. The summed E-state index contributed by atoms with van der Waals surface area (Å²) >= 11 is 0. The fourth-order valence-corrected chi connectivity index (χ4v) is 0.671. The molecule has 0 aromatic heterocycles. The lowest BCUT2D eigenvalue weighted by Gasteiger charge is -2.10. The molecule has 5 heteroatoms. The van der Waals surface area contributed by atoms with Crippen LogP contribution in [0.1, 0.15) is 0 Å². The Balaban J connectivity index is 3.58. The van der Waals surface area contributed by atoms with Gasteiger partial charge in [-0.15, -0.1) is 0 Å². The van der Waals surface area contributed by atoms with Gasteiger partial charge in [-0.3, -0.25) is 0 Å². The number of rotatable bonds is 3. The Hall–Kier alpha value is 0.527. The summed E-state index contributed by atoms with van der Waals surface area (Å²) in [5.74, 6) is 0. The standard InChI is InChI=1S/C3H9O3PSi/c1-4-7(8,5-2)6-3/h1-3H3/q+1. The molecule has 0 N–H and O–H groups in total. The summed E-state index contributed by atoms with van der Waals surface area (Å²) in [6.45, 7) is 0. The van der Waals surface area contributed by atoms with Crippen molar-refractivity contribution in [3.63, 3.8) is 0 Å². The van der Waals surface area contributed by atoms with Crippen LogP contribution in [0.5, 0.6) is 0 Å². The first-order valence-electron chi connectivity index (χ1n) is 2.00. The van der Waals surface area contributed by atoms with Gasteiger partial charge in [-0.25, -0.2) is 0 Å². The minimum atomic E-state index is -2.11. The van der Waals surface area contributed by atoms with Crippen molar-refractivity contribution in [3.05, 3.63) is 0 Å². The third-order valence-corrected chi connectivity index (χ3v) is 3.81. The summed E-state index contributed by atoms with van der Waals surface area (Å²) in [5.41, 5.74) is 0. The van der Waals surface area contributed by atoms with Crippen LogP contribution >= 0.6 is 7.49 Å². The van der Waals surface area contributed by atoms with Crippen molar-refractivity contribution in [1.82, 2.24) is 0 Å². The maximum Gasteiger partial charge on any atom is 0.452 e. The maximum atomic E-state index is 4.82. The maximum absolute atomic E-state index is 4.82. The van der Waals surface area contributed by atoms with E-state index in [2.05, 4.69) is 9.91 Å². The van der Waals surface area contributed by atoms with E-state index >= 15 is 0 Å². The average molecular weight is 152 g/mol. The van der Waals surface area contributed by atoms with Crippen molar-refractivity contribution in [1.29, 1.82) is 0 Å². The van der Waals surface area contributed by atoms with Gasteiger partial charge in [0.1, 0.15) is 0 Å². The monoisotopic (exact) mass is 152 g/mol. The molecule has 0 aliphatic carbocycles. The lowest BCUT2D eigenvalue weighted by molar-refractivity contribution is 0.229. The largest absolute Gasteiger partial charge is 0.452 e. The second kappa shape index (κ2) is 3.53. The molecule has 0 aliphatic rings. The molecule has 3 nitrogen and oxygen atoms in total. The molecule has 0 atom stereocenters. The average Bonchev–Trinajstić information content (AvgIpc) is 1.87. The van der Waals surface area contributed by atoms with E-state index in [4.69, 9.17) is 13.6 Å². The highest BCUT2D eigenvalue weighted by molar-refractivity contribution is 7.85. The van der Waals surface area contributed by atoms with E-state index < -0.39 is 7.49 Å². The summed E-state index contributed by atoms with van der Waals surface area (Å²) in [7, 11) is 5.63. The molecular weight excluding hydrogens is 143 g/mol. The van der Waals surface area contributed by atoms with E-state index in [1.54, 1.807) is 0 Å². The molecular formula is C3H9O3PSi+. The molecule has 0 bridgehead atoms. The fraction of sp³-hybridized carbons (Fsp3) is 1.00. The van der Waals surface area contributed by atoms with Crippen LogP contribution in [-0.2, 0) is 13.6 Å². The van der Waals surface area contributed by atoms with Gasteiger partial charge in [0.05, 0.1) is 21.3 Å². The summed E-state index contributed by atoms with van der Waals surface area (Å²) < 4.78 is 14.4. The molecule has 0 spiro atoms. The molecule has 3 radical (unpaired) electrons. The lowest BCUT2D eigenvalue weighted by atomic mass is 11.8. The molecule has 0 heterocycles. The number of hydrogen-bond donors (Lipinski definition) is 0. The van der Waals surface area contributed by atoms with Crippen LogP contribution in [-0.4, -0.2) is 31.2 Å². The first-order chi connectivity index (χ1) is 3.68. The molecule has 0 unspecified atom stereocenters. The van der Waals surface area contributed by atoms with Crippen LogP contribution < -0.4 is 0 Å². The second-order valence-electron chi connectivity index (χ2n) is 1.05. The highest BCUT2D eigenvalue weighted by atomic mass is 31.5. The molecule has 0 saturated heterocycles. The van der Waals surface area contributed by atoms with Crippen molar-refractivity contribution < 1.29 is 13.6 Å². The van der Waals surface area contributed by atoms with Crippen molar-refractivity contribution in [2.24, 2.45) is 0 Å². The van der Waals surface area contributed by atoms with Crippen molar-refractivity contribution >= 4 is 17.4 Å². The molecule has 47 valence electrons. The molecule has 8 heavy (non-hydrogen) atoms. The van der Waals surface area contributed by atoms with E-state index in [1.807, 2.05) is 0 Å². The SMILES string of the molecule is CO[P+]([Si])(OC)OC. The predicted octanol–water partition coefficient (Wildman–Crippen LogP) is 0.772. The zero-order valence-corrected chi connectivity index (χ0v) is 7.07. The summed E-state index contributed by atoms with van der Waals surface area (Å²) in [6.07, 6.45) is 0. The van der Waals surface area contributed by atoms with Gasteiger partial charge in [0, 0.05) is 0 Å². The predicted molar refractivity (Wildman–Crippen MR) is 33.7 cm³/mol. The molecule has 0 aromatic carbocycles. The van der Waals surface area contributed by atoms with Gasteiger partial charge >= 0.3 is 17.4 Å². The topological polar surface area (TPSA) is 27.7 Å². The van der Waals surface area contributed by atoms with Crippen LogP contribution in [0.3, 0.4) is 0 Å². The molecule has 0 aliphatic heterocycles. The van der Waals surface area contributed by atoms with Gasteiger partial charge in [-0.2, -0.15) is 13.6 Å². The summed E-state index contributed by atoms with van der Waals surface area (Å²) in [5, 5.41) is 0. The van der Waals surface area contributed by atoms with Crippen molar-refractivity contribution in [3.8, 4) is 0 Å². The zero-order chi connectivity index (χ0) is 6.62. The van der Waals surface area contributed by atoms with Gasteiger partial charge in [-0.05, 0) is 0 Å². The van der Waals surface area contributed by atoms with E-state index in [1.165, 1.54) is 21.3 Å². The third-order valence-electron chi connectivity index (χ3n) is 0.721. The van der Waals surface area contributed by atoms with E-state index in [0.717, 1.165) is 0 Å². The summed E-state index contributed by atoms with van der Waals surface area (Å²) in [6, 6.07) is 0. The normalized spacial score (nSPS) is 12.0. The molecule has 0 saturated carbocycles. The van der Waals surface area contributed by atoms with Gasteiger partial charge in [0.2, 0.25) is 0 Å². The Labute approximate surface area is 53.2 Å². The molecule has 0 amide bonds. The van der Waals surface area contributed by atoms with Gasteiger partial charge in [0.15, 0.2) is 0 Å². The Bertz CT molecular complexity index is 57.3. The Morgan fingerprint density at radius 1 is 1.00 bits per heavy atom. The van der Waals surface area contributed by atoms with Crippen LogP contribution in [0.15, 0.2) is 0 Å². The Morgan fingerprint density at radius 2 is 1.25 bits per heavy atom. The Kier molecular flexibility index (Phi) is 3.77. The number of hydrogen-bond acceptors (Lipinski definition) is 3. The van der Waals surface area contributed by atoms with E-state index in [-0.39, 0.29) is 0 Å². The highest BCUT2D eigenvalue weighted by Gasteiger charge is 2.33. The van der Waals surface area contributed by atoms with Crippen LogP contribution in [0.25, 0.3) is 0 Å². The van der Waals surface area contributed by atoms with E-state index in [9.17, 15) is 0 Å². The van der Waals surface area contributed by atoms with Crippen molar-refractivity contribution in [2.75, 3.05) is 21.3 Å². The minimum absolute atomic E-state index is 1.52. The van der Waals surface area contributed by atoms with Crippen LogP contribution in [0.2, 0.25) is 0 Å². The molecule has 0 rings (SSSR count). The molecule has 0 aromatic rings. The first kappa shape index (κ1) is 8.53. The minimum Gasteiger partial charge on any atom is -0.194 e. The van der Waals surface area contributed by atoms with Crippen molar-refractivity contribution in [2.45, 2.75) is 0 Å². The van der Waals surface area contributed by atoms with Gasteiger partial charge in [0.25, 0.3) is 0 Å². The first-order valence-corrected chi connectivity index (χ1v) is 4.88. The van der Waals surface area contributed by atoms with E-state index in [0.29, 0.717) is 0 Å². The highest BCUT2D eigenvalue weighted by Crippen LogP contribution is 2.54. The van der Waals surface area contributed by atoms with Crippen LogP contribution in [0.4, 0.5) is 0 Å². The smallest absolute Gasteiger partial charge is 0.194 e. The fourth-order valence-electron chi connectivity index (χ4n) is 0.224.